The largest absolute Gasteiger partial charge is 0.496 e. The van der Waals surface area contributed by atoms with Gasteiger partial charge in [-0.2, -0.15) is 0 Å². The zero-order valence-corrected chi connectivity index (χ0v) is 28.4. The Kier molecular flexibility index (Phi) is 10.4. The van der Waals surface area contributed by atoms with E-state index >= 15 is 0 Å². The van der Waals surface area contributed by atoms with Crippen LogP contribution in [0.1, 0.15) is 39.2 Å². The molecule has 1 N–H and O–H groups in total. The van der Waals surface area contributed by atoms with Gasteiger partial charge in [-0.25, -0.2) is 19.2 Å². The van der Waals surface area contributed by atoms with Crippen LogP contribution in [-0.2, 0) is 16.2 Å². The summed E-state index contributed by atoms with van der Waals surface area (Å²) in [5, 5.41) is 6.41. The number of benzene rings is 3. The van der Waals surface area contributed by atoms with Gasteiger partial charge in [0.05, 0.1) is 42.2 Å². The van der Waals surface area contributed by atoms with Gasteiger partial charge in [0.1, 0.15) is 23.7 Å². The van der Waals surface area contributed by atoms with Gasteiger partial charge in [0.25, 0.3) is 0 Å². The molecule has 1 aromatic heterocycles. The number of fused-ring (bicyclic) bond motifs is 1. The zero-order chi connectivity index (χ0) is 33.0. The lowest BCUT2D eigenvalue weighted by molar-refractivity contribution is -0.203. The van der Waals surface area contributed by atoms with E-state index in [4.69, 9.17) is 30.6 Å². The summed E-state index contributed by atoms with van der Waals surface area (Å²) < 4.78 is 31.1. The molecule has 2 heterocycles. The van der Waals surface area contributed by atoms with Gasteiger partial charge in [-0.1, -0.05) is 23.7 Å². The van der Waals surface area contributed by atoms with Crippen LogP contribution in [0.4, 0.5) is 10.2 Å². The van der Waals surface area contributed by atoms with Crippen LogP contribution < -0.4 is 19.5 Å². The van der Waals surface area contributed by atoms with E-state index in [1.54, 1.807) is 50.3 Å². The number of piperidine rings is 1. The summed E-state index contributed by atoms with van der Waals surface area (Å²) in [5.74, 6) is 1.71. The standard InChI is InChI=1S/C34H38ClFN4O5S/c1-34(2,3)33(41)45-40-13-11-22(12-14-40)46-29-16-23-26(17-28(29)43-5)38-19-39-32(23)37-18-21-8-10-27(42-4)31(44-6)30(21)20-7-9-25(36)24(35)15-20/h7-10,15-17,19,22H,11-14,18H2,1-6H3,(H,37,38,39). The molecule has 0 amide bonds. The molecule has 9 nitrogen and oxygen atoms in total. The van der Waals surface area contributed by atoms with Gasteiger partial charge < -0.3 is 24.4 Å². The third-order valence-electron chi connectivity index (χ3n) is 7.73. The average Bonchev–Trinajstić information content (AvgIpc) is 3.04. The zero-order valence-electron chi connectivity index (χ0n) is 26.8. The third kappa shape index (κ3) is 7.43. The van der Waals surface area contributed by atoms with E-state index in [9.17, 15) is 9.18 Å². The number of halogens is 2. The molecule has 1 saturated heterocycles. The summed E-state index contributed by atoms with van der Waals surface area (Å²) >= 11 is 7.90. The number of carbonyl (C=O) groups excluding carboxylic acids is 1. The van der Waals surface area contributed by atoms with Crippen molar-refractivity contribution in [3.8, 4) is 28.4 Å². The quantitative estimate of drug-likeness (QED) is 0.180. The number of carbonyl (C=O) groups is 1. The smallest absolute Gasteiger partial charge is 0.330 e. The number of ether oxygens (including phenoxy) is 3. The van der Waals surface area contributed by atoms with Crippen LogP contribution >= 0.6 is 23.4 Å². The Bertz CT molecular complexity index is 1730. The molecule has 3 aromatic carbocycles. The van der Waals surface area contributed by atoms with Crippen LogP contribution in [-0.4, -0.2) is 60.7 Å². The van der Waals surface area contributed by atoms with Gasteiger partial charge in [-0.15, -0.1) is 16.8 Å². The highest BCUT2D eigenvalue weighted by atomic mass is 35.5. The first-order valence-electron chi connectivity index (χ1n) is 14.9. The molecule has 1 aliphatic rings. The van der Waals surface area contributed by atoms with Gasteiger partial charge in [0.2, 0.25) is 0 Å². The Labute approximate surface area is 277 Å². The third-order valence-corrected chi connectivity index (χ3v) is 9.39. The molecule has 0 radical (unpaired) electrons. The van der Waals surface area contributed by atoms with Crippen LogP contribution in [0.25, 0.3) is 22.0 Å². The van der Waals surface area contributed by atoms with E-state index in [0.29, 0.717) is 47.8 Å². The Morgan fingerprint density at radius 1 is 1.02 bits per heavy atom. The normalized spacial score (nSPS) is 14.3. The molecular weight excluding hydrogens is 631 g/mol. The van der Waals surface area contributed by atoms with Crippen molar-refractivity contribution in [2.24, 2.45) is 5.41 Å². The molecule has 46 heavy (non-hydrogen) atoms. The molecule has 12 heteroatoms. The Balaban J connectivity index is 1.39. The molecule has 0 spiro atoms. The van der Waals surface area contributed by atoms with E-state index in [-0.39, 0.29) is 11.0 Å². The predicted molar refractivity (Wildman–Crippen MR) is 179 cm³/mol. The van der Waals surface area contributed by atoms with Crippen LogP contribution in [0.5, 0.6) is 17.2 Å². The Morgan fingerprint density at radius 3 is 2.41 bits per heavy atom. The summed E-state index contributed by atoms with van der Waals surface area (Å²) in [6, 6.07) is 12.3. The molecule has 1 fully saturated rings. The van der Waals surface area contributed by atoms with Crippen LogP contribution in [0.15, 0.2) is 53.7 Å². The molecule has 0 unspecified atom stereocenters. The number of hydrogen-bond acceptors (Lipinski definition) is 10. The maximum atomic E-state index is 14.1. The van der Waals surface area contributed by atoms with Crippen molar-refractivity contribution in [3.05, 3.63) is 65.2 Å². The molecule has 5 rings (SSSR count). The number of anilines is 1. The number of hydroxylamine groups is 2. The molecule has 0 bridgehead atoms. The molecular formula is C34H38ClFN4O5S. The highest BCUT2D eigenvalue weighted by molar-refractivity contribution is 8.00. The lowest BCUT2D eigenvalue weighted by atomic mass is 9.97. The van der Waals surface area contributed by atoms with E-state index < -0.39 is 11.2 Å². The minimum absolute atomic E-state index is 0.0126. The first kappa shape index (κ1) is 33.6. The first-order valence-corrected chi connectivity index (χ1v) is 16.2. The number of hydrogen-bond donors (Lipinski definition) is 1. The fourth-order valence-electron chi connectivity index (χ4n) is 5.19. The first-order chi connectivity index (χ1) is 22.0. The molecule has 4 aromatic rings. The second-order valence-electron chi connectivity index (χ2n) is 11.9. The van der Waals surface area contributed by atoms with Crippen molar-refractivity contribution in [1.29, 1.82) is 0 Å². The fraction of sp³-hybridized carbons (Fsp3) is 0.382. The average molecular weight is 669 g/mol. The topological polar surface area (TPSA) is 95.0 Å². The lowest BCUT2D eigenvalue weighted by Crippen LogP contribution is -2.39. The lowest BCUT2D eigenvalue weighted by Gasteiger charge is -2.32. The number of methoxy groups -OCH3 is 3. The molecule has 0 atom stereocenters. The highest BCUT2D eigenvalue weighted by Gasteiger charge is 2.29. The summed E-state index contributed by atoms with van der Waals surface area (Å²) in [5.41, 5.74) is 2.48. The maximum Gasteiger partial charge on any atom is 0.330 e. The number of nitrogens with zero attached hydrogens (tertiary/aromatic N) is 3. The highest BCUT2D eigenvalue weighted by Crippen LogP contribution is 2.43. The summed E-state index contributed by atoms with van der Waals surface area (Å²) in [6.07, 6.45) is 3.23. The van der Waals surface area contributed by atoms with Crippen LogP contribution in [0.2, 0.25) is 5.02 Å². The monoisotopic (exact) mass is 668 g/mol. The van der Waals surface area contributed by atoms with Gasteiger partial charge >= 0.3 is 5.97 Å². The Hall–Kier alpha value is -3.80. The van der Waals surface area contributed by atoms with Gasteiger partial charge in [-0.05, 0) is 69.0 Å². The van der Waals surface area contributed by atoms with Crippen molar-refractivity contribution in [2.75, 3.05) is 39.7 Å². The van der Waals surface area contributed by atoms with E-state index in [0.717, 1.165) is 45.5 Å². The van der Waals surface area contributed by atoms with Crippen LogP contribution in [0, 0.1) is 11.2 Å². The van der Waals surface area contributed by atoms with Crippen molar-refractivity contribution >= 4 is 46.1 Å². The van der Waals surface area contributed by atoms with E-state index in [2.05, 4.69) is 21.4 Å². The molecule has 0 aliphatic carbocycles. The summed E-state index contributed by atoms with van der Waals surface area (Å²) in [4.78, 5) is 28.0. The number of rotatable bonds is 10. The predicted octanol–water partition coefficient (Wildman–Crippen LogP) is 7.79. The molecule has 0 saturated carbocycles. The summed E-state index contributed by atoms with van der Waals surface area (Å²) in [7, 11) is 4.79. The van der Waals surface area contributed by atoms with Crippen molar-refractivity contribution in [3.63, 3.8) is 0 Å². The number of nitrogens with one attached hydrogen (secondary N) is 1. The fourth-order valence-corrected chi connectivity index (χ4v) is 6.62. The Morgan fingerprint density at radius 2 is 1.76 bits per heavy atom. The van der Waals surface area contributed by atoms with Crippen molar-refractivity contribution in [2.45, 2.75) is 50.3 Å². The second kappa shape index (κ2) is 14.3. The number of thioether (sulfide) groups is 1. The van der Waals surface area contributed by atoms with E-state index in [1.807, 2.05) is 39.0 Å². The minimum atomic E-state index is -0.548. The van der Waals surface area contributed by atoms with Crippen LogP contribution in [0.3, 0.4) is 0 Å². The molecule has 244 valence electrons. The maximum absolute atomic E-state index is 14.1. The SMILES string of the molecule is COc1cc2ncnc(NCc3ccc(OC)c(OC)c3-c3ccc(F)c(Cl)c3)c2cc1SC1CCN(OC(=O)C(C)(C)C)CC1. The van der Waals surface area contributed by atoms with Crippen molar-refractivity contribution < 1.29 is 28.2 Å². The summed E-state index contributed by atoms with van der Waals surface area (Å²) in [6.45, 7) is 7.26. The van der Waals surface area contributed by atoms with Gasteiger partial charge in [0.15, 0.2) is 11.5 Å². The number of aromatic nitrogens is 2. The molecule has 1 aliphatic heterocycles. The van der Waals surface area contributed by atoms with Gasteiger partial charge in [0, 0.05) is 41.9 Å². The van der Waals surface area contributed by atoms with Crippen molar-refractivity contribution in [1.82, 2.24) is 15.0 Å². The van der Waals surface area contributed by atoms with E-state index in [1.165, 1.54) is 12.4 Å². The van der Waals surface area contributed by atoms with Gasteiger partial charge in [-0.3, -0.25) is 0 Å². The minimum Gasteiger partial charge on any atom is -0.496 e. The second-order valence-corrected chi connectivity index (χ2v) is 13.7.